The van der Waals surface area contributed by atoms with Crippen molar-refractivity contribution < 1.29 is 19.7 Å². The van der Waals surface area contributed by atoms with Crippen molar-refractivity contribution in [2.24, 2.45) is 0 Å². The molecule has 5 N–H and O–H groups in total. The predicted octanol–water partition coefficient (Wildman–Crippen LogP) is 4.08. The van der Waals surface area contributed by atoms with Crippen LogP contribution in [0.4, 0.5) is 5.82 Å². The van der Waals surface area contributed by atoms with E-state index in [1.54, 1.807) is 6.07 Å². The fourth-order valence-corrected chi connectivity index (χ4v) is 4.60. The maximum Gasteiger partial charge on any atom is 0.229 e. The first kappa shape index (κ1) is 26.9. The Bertz CT molecular complexity index is 1410. The standard InChI is InChI=1S/C27H32IN5O4/c1-2-3-4-23-32-25-26(33(23)16-18-14-19(34)6-8-22(18)35)20-13-17(5-7-21(20)31-27(25)29)9-11-37-12-10-30-24(36)15-28/h5-8,13-14,34-35H,2-4,9-12,15-16H2,1H3,(H2,29,31)(H,30,36). The Hall–Kier alpha value is -3.12. The number of aromatic nitrogens is 3. The van der Waals surface area contributed by atoms with Crippen LogP contribution in [0.3, 0.4) is 0 Å². The molecule has 2 aromatic carbocycles. The maximum absolute atomic E-state index is 11.3. The van der Waals surface area contributed by atoms with Gasteiger partial charge in [0.1, 0.15) is 22.8 Å². The zero-order valence-electron chi connectivity index (χ0n) is 20.8. The van der Waals surface area contributed by atoms with Gasteiger partial charge < -0.3 is 30.6 Å². The van der Waals surface area contributed by atoms with Gasteiger partial charge in [0.2, 0.25) is 5.91 Å². The number of nitrogens with one attached hydrogen (secondary N) is 1. The number of aromatic hydroxyl groups is 2. The number of anilines is 1. The third-order valence-electron chi connectivity index (χ3n) is 6.22. The highest BCUT2D eigenvalue weighted by atomic mass is 127. The molecule has 9 nitrogen and oxygen atoms in total. The number of phenolic OH excluding ortho intramolecular Hbond substituents is 2. The fourth-order valence-electron chi connectivity index (χ4n) is 4.33. The topological polar surface area (TPSA) is 136 Å². The summed E-state index contributed by atoms with van der Waals surface area (Å²) >= 11 is 2.03. The molecule has 0 aliphatic heterocycles. The maximum atomic E-state index is 11.3. The summed E-state index contributed by atoms with van der Waals surface area (Å²) in [6, 6.07) is 10.6. The number of imidazole rings is 1. The second kappa shape index (κ2) is 12.4. The van der Waals surface area contributed by atoms with E-state index in [0.717, 1.165) is 47.1 Å². The first-order valence-electron chi connectivity index (χ1n) is 12.4. The summed E-state index contributed by atoms with van der Waals surface area (Å²) in [6.07, 6.45) is 3.43. The number of phenols is 2. The van der Waals surface area contributed by atoms with Crippen molar-refractivity contribution in [1.29, 1.82) is 0 Å². The van der Waals surface area contributed by atoms with E-state index in [1.165, 1.54) is 12.1 Å². The fraction of sp³-hybridized carbons (Fsp3) is 0.370. The number of benzene rings is 2. The Balaban J connectivity index is 1.68. The highest BCUT2D eigenvalue weighted by molar-refractivity contribution is 14.1. The van der Waals surface area contributed by atoms with Crippen molar-refractivity contribution in [2.75, 3.05) is 29.9 Å². The third kappa shape index (κ3) is 6.42. The van der Waals surface area contributed by atoms with Crippen molar-refractivity contribution in [2.45, 2.75) is 39.2 Å². The first-order chi connectivity index (χ1) is 17.9. The molecule has 2 aromatic heterocycles. The number of ether oxygens (including phenoxy) is 1. The van der Waals surface area contributed by atoms with Crippen LogP contribution in [0.25, 0.3) is 21.9 Å². The van der Waals surface area contributed by atoms with Crippen LogP contribution >= 0.6 is 22.6 Å². The summed E-state index contributed by atoms with van der Waals surface area (Å²) in [6.45, 7) is 3.94. The minimum atomic E-state index is 0.00321. The van der Waals surface area contributed by atoms with E-state index in [0.29, 0.717) is 54.0 Å². The molecule has 0 aliphatic carbocycles. The van der Waals surface area contributed by atoms with E-state index >= 15 is 0 Å². The molecule has 0 saturated heterocycles. The number of halogens is 1. The molecule has 0 bridgehead atoms. The van der Waals surface area contributed by atoms with E-state index in [4.69, 9.17) is 15.5 Å². The van der Waals surface area contributed by atoms with E-state index in [2.05, 4.69) is 27.9 Å². The largest absolute Gasteiger partial charge is 0.508 e. The molecule has 4 rings (SSSR count). The summed E-state index contributed by atoms with van der Waals surface area (Å²) in [5.41, 5.74) is 10.3. The van der Waals surface area contributed by atoms with E-state index < -0.39 is 0 Å². The minimum absolute atomic E-state index is 0.00321. The second-order valence-corrected chi connectivity index (χ2v) is 9.69. The number of nitrogens with two attached hydrogens (primary N) is 1. The van der Waals surface area contributed by atoms with Gasteiger partial charge in [-0.3, -0.25) is 4.79 Å². The molecule has 0 atom stereocenters. The SMILES string of the molecule is CCCCc1nc2c(N)nc3ccc(CCOCCNC(=O)CI)cc3c2n1Cc1cc(O)ccc1O. The molecule has 4 aromatic rings. The number of nitrogen functional groups attached to an aromatic ring is 1. The summed E-state index contributed by atoms with van der Waals surface area (Å²) in [5.74, 6) is 1.43. The lowest BCUT2D eigenvalue weighted by Gasteiger charge is -2.13. The molecular formula is C27H32IN5O4. The first-order valence-corrected chi connectivity index (χ1v) is 13.9. The Morgan fingerprint density at radius 2 is 1.97 bits per heavy atom. The van der Waals surface area contributed by atoms with Crippen LogP contribution < -0.4 is 11.1 Å². The van der Waals surface area contributed by atoms with Crippen molar-refractivity contribution in [1.82, 2.24) is 19.9 Å². The van der Waals surface area contributed by atoms with Crippen LogP contribution in [0.2, 0.25) is 0 Å². The van der Waals surface area contributed by atoms with Gasteiger partial charge in [-0.1, -0.05) is 42.0 Å². The van der Waals surface area contributed by atoms with Crippen molar-refractivity contribution in [3.8, 4) is 11.5 Å². The molecule has 196 valence electrons. The number of alkyl halides is 1. The molecule has 0 spiro atoms. The summed E-state index contributed by atoms with van der Waals surface area (Å²) in [7, 11) is 0. The number of aryl methyl sites for hydroxylation is 1. The molecule has 10 heteroatoms. The number of fused-ring (bicyclic) bond motifs is 3. The van der Waals surface area contributed by atoms with Gasteiger partial charge >= 0.3 is 0 Å². The minimum Gasteiger partial charge on any atom is -0.508 e. The van der Waals surface area contributed by atoms with Gasteiger partial charge in [-0.15, -0.1) is 0 Å². The van der Waals surface area contributed by atoms with Crippen LogP contribution in [-0.2, 0) is 28.9 Å². The number of hydrogen-bond acceptors (Lipinski definition) is 7. The Morgan fingerprint density at radius 1 is 1.14 bits per heavy atom. The van der Waals surface area contributed by atoms with Gasteiger partial charge in [0.25, 0.3) is 0 Å². The molecule has 0 radical (unpaired) electrons. The Labute approximate surface area is 229 Å². The number of amides is 1. The molecular weight excluding hydrogens is 585 g/mol. The Kier molecular flexibility index (Phi) is 9.04. The third-order valence-corrected chi connectivity index (χ3v) is 6.91. The van der Waals surface area contributed by atoms with E-state index in [1.807, 2.05) is 34.7 Å². The number of unbranched alkanes of at least 4 members (excludes halogenated alkanes) is 1. The quantitative estimate of drug-likeness (QED) is 0.0815. The number of nitrogens with zero attached hydrogens (tertiary/aromatic N) is 3. The molecule has 37 heavy (non-hydrogen) atoms. The number of hydrogen-bond donors (Lipinski definition) is 4. The zero-order chi connectivity index (χ0) is 26.4. The smallest absolute Gasteiger partial charge is 0.229 e. The molecule has 1 amide bonds. The van der Waals surface area contributed by atoms with Crippen LogP contribution in [0.5, 0.6) is 11.5 Å². The lowest BCUT2D eigenvalue weighted by Crippen LogP contribution is -2.28. The molecule has 0 saturated carbocycles. The normalized spacial score (nSPS) is 11.4. The van der Waals surface area contributed by atoms with Crippen molar-refractivity contribution in [3.63, 3.8) is 0 Å². The van der Waals surface area contributed by atoms with Crippen molar-refractivity contribution in [3.05, 3.63) is 53.3 Å². The molecule has 0 aliphatic rings. The second-order valence-electron chi connectivity index (χ2n) is 8.92. The van der Waals surface area contributed by atoms with Crippen LogP contribution in [-0.4, -0.2) is 54.8 Å². The number of carbonyl (C=O) groups is 1. The van der Waals surface area contributed by atoms with Gasteiger partial charge in [-0.05, 0) is 48.7 Å². The molecule has 0 fully saturated rings. The van der Waals surface area contributed by atoms with Crippen LogP contribution in [0.15, 0.2) is 36.4 Å². The van der Waals surface area contributed by atoms with Crippen LogP contribution in [0, 0.1) is 0 Å². The van der Waals surface area contributed by atoms with Crippen LogP contribution in [0.1, 0.15) is 36.7 Å². The van der Waals surface area contributed by atoms with Gasteiger partial charge in [0.05, 0.1) is 35.2 Å². The lowest BCUT2D eigenvalue weighted by molar-refractivity contribution is -0.118. The van der Waals surface area contributed by atoms with E-state index in [9.17, 15) is 15.0 Å². The highest BCUT2D eigenvalue weighted by Crippen LogP contribution is 2.32. The monoisotopic (exact) mass is 617 g/mol. The molecule has 2 heterocycles. The Morgan fingerprint density at radius 3 is 2.76 bits per heavy atom. The zero-order valence-corrected chi connectivity index (χ0v) is 23.0. The summed E-state index contributed by atoms with van der Waals surface area (Å²) in [4.78, 5) is 20.8. The predicted molar refractivity (Wildman–Crippen MR) is 153 cm³/mol. The van der Waals surface area contributed by atoms with Gasteiger partial charge in [0.15, 0.2) is 5.82 Å². The molecule has 0 unspecified atom stereocenters. The van der Waals surface area contributed by atoms with Gasteiger partial charge in [-0.25, -0.2) is 9.97 Å². The number of carbonyl (C=O) groups excluding carboxylic acids is 1. The number of rotatable bonds is 12. The van der Waals surface area contributed by atoms with Gasteiger partial charge in [-0.2, -0.15) is 0 Å². The number of pyridine rings is 1. The highest BCUT2D eigenvalue weighted by Gasteiger charge is 2.19. The summed E-state index contributed by atoms with van der Waals surface area (Å²) in [5, 5.41) is 24.2. The average Bonchev–Trinajstić information content (AvgIpc) is 3.26. The van der Waals surface area contributed by atoms with Gasteiger partial charge in [0, 0.05) is 23.9 Å². The van der Waals surface area contributed by atoms with Crippen molar-refractivity contribution >= 4 is 56.3 Å². The average molecular weight is 617 g/mol. The lowest BCUT2D eigenvalue weighted by atomic mass is 10.1. The van der Waals surface area contributed by atoms with E-state index in [-0.39, 0.29) is 17.4 Å². The summed E-state index contributed by atoms with van der Waals surface area (Å²) < 4.78 is 8.22.